The summed E-state index contributed by atoms with van der Waals surface area (Å²) in [5, 5.41) is 3.44. The molecule has 0 saturated carbocycles. The molecule has 1 aromatic rings. The van der Waals surface area contributed by atoms with Crippen LogP contribution in [0.15, 0.2) is 22.8 Å². The van der Waals surface area contributed by atoms with Gasteiger partial charge in [0.15, 0.2) is 0 Å². The van der Waals surface area contributed by atoms with Gasteiger partial charge < -0.3 is 14.5 Å². The number of hydrogen-bond donors (Lipinski definition) is 1. The fourth-order valence-electron chi connectivity index (χ4n) is 1.74. The first-order valence-electron chi connectivity index (χ1n) is 6.82. The minimum atomic E-state index is 0.824. The Morgan fingerprint density at radius 3 is 2.94 bits per heavy atom. The highest BCUT2D eigenvalue weighted by Gasteiger charge is 2.01. The molecule has 0 bridgehead atoms. The monoisotopic (exact) mass is 254 g/mol. The highest BCUT2D eigenvalue weighted by Crippen LogP contribution is 2.02. The van der Waals surface area contributed by atoms with Crippen LogP contribution in [0.5, 0.6) is 0 Å². The van der Waals surface area contributed by atoms with Gasteiger partial charge in [-0.2, -0.15) is 0 Å². The van der Waals surface area contributed by atoms with E-state index in [4.69, 9.17) is 9.15 Å². The second kappa shape index (κ2) is 10.1. The van der Waals surface area contributed by atoms with Gasteiger partial charge in [0.1, 0.15) is 5.76 Å². The van der Waals surface area contributed by atoms with Crippen molar-refractivity contribution < 1.29 is 9.15 Å². The van der Waals surface area contributed by atoms with Crippen molar-refractivity contribution in [2.75, 3.05) is 39.9 Å². The van der Waals surface area contributed by atoms with Crippen molar-refractivity contribution in [2.45, 2.75) is 26.3 Å². The van der Waals surface area contributed by atoms with Crippen LogP contribution in [0.25, 0.3) is 0 Å². The van der Waals surface area contributed by atoms with Gasteiger partial charge in [-0.1, -0.05) is 0 Å². The zero-order valence-corrected chi connectivity index (χ0v) is 11.7. The maximum absolute atomic E-state index is 5.31. The second-order valence-corrected chi connectivity index (χ2v) is 4.47. The molecule has 0 aliphatic carbocycles. The van der Waals surface area contributed by atoms with Crippen LogP contribution in [0.2, 0.25) is 0 Å². The van der Waals surface area contributed by atoms with Gasteiger partial charge in [0.05, 0.1) is 12.8 Å². The molecule has 1 aromatic heterocycles. The normalized spacial score (nSPS) is 11.3. The first-order valence-corrected chi connectivity index (χ1v) is 6.82. The highest BCUT2D eigenvalue weighted by molar-refractivity contribution is 4.97. The summed E-state index contributed by atoms with van der Waals surface area (Å²) >= 11 is 0. The molecular formula is C14H26N2O2. The van der Waals surface area contributed by atoms with Gasteiger partial charge in [0.2, 0.25) is 0 Å². The number of nitrogens with zero attached hydrogens (tertiary/aromatic N) is 1. The van der Waals surface area contributed by atoms with Crippen molar-refractivity contribution >= 4 is 0 Å². The molecule has 0 saturated heterocycles. The summed E-state index contributed by atoms with van der Waals surface area (Å²) in [7, 11) is 2.11. The van der Waals surface area contributed by atoms with E-state index < -0.39 is 0 Å². The Hall–Kier alpha value is -0.840. The Bertz CT molecular complexity index is 275. The number of furan rings is 1. The lowest BCUT2D eigenvalue weighted by Crippen LogP contribution is -2.29. The predicted octanol–water partition coefficient (Wildman–Crippen LogP) is 2.12. The third-order valence-corrected chi connectivity index (χ3v) is 2.77. The molecule has 0 aliphatic heterocycles. The van der Waals surface area contributed by atoms with E-state index in [0.717, 1.165) is 51.6 Å². The first-order chi connectivity index (χ1) is 8.83. The molecular weight excluding hydrogens is 228 g/mol. The Kier molecular flexibility index (Phi) is 8.55. The van der Waals surface area contributed by atoms with Crippen LogP contribution >= 0.6 is 0 Å². The maximum atomic E-state index is 5.31. The second-order valence-electron chi connectivity index (χ2n) is 4.47. The molecule has 4 heteroatoms. The third-order valence-electron chi connectivity index (χ3n) is 2.77. The molecule has 1 rings (SSSR count). The van der Waals surface area contributed by atoms with Crippen LogP contribution in [0.1, 0.15) is 25.5 Å². The van der Waals surface area contributed by atoms with Gasteiger partial charge in [0, 0.05) is 26.3 Å². The Labute approximate surface area is 110 Å². The SMILES string of the molecule is CCOCCCCNCCN(C)Cc1ccco1. The largest absolute Gasteiger partial charge is 0.468 e. The number of likely N-dealkylation sites (N-methyl/N-ethyl adjacent to an activating group) is 1. The number of hydrogen-bond acceptors (Lipinski definition) is 4. The number of rotatable bonds is 11. The van der Waals surface area contributed by atoms with Crippen LogP contribution in [0, 0.1) is 0 Å². The fourth-order valence-corrected chi connectivity index (χ4v) is 1.74. The van der Waals surface area contributed by atoms with Crippen LogP contribution in [0.4, 0.5) is 0 Å². The Balaban J connectivity index is 1.88. The summed E-state index contributed by atoms with van der Waals surface area (Å²) in [6.07, 6.45) is 4.05. The summed E-state index contributed by atoms with van der Waals surface area (Å²) in [6.45, 7) is 7.74. The lowest BCUT2D eigenvalue weighted by molar-refractivity contribution is 0.143. The molecule has 0 aromatic carbocycles. The number of ether oxygens (including phenoxy) is 1. The molecule has 0 fully saturated rings. The topological polar surface area (TPSA) is 37.6 Å². The fraction of sp³-hybridized carbons (Fsp3) is 0.714. The molecule has 0 radical (unpaired) electrons. The molecule has 18 heavy (non-hydrogen) atoms. The Morgan fingerprint density at radius 1 is 1.33 bits per heavy atom. The number of unbranched alkanes of at least 4 members (excludes halogenated alkanes) is 1. The Morgan fingerprint density at radius 2 is 2.22 bits per heavy atom. The van der Waals surface area contributed by atoms with Crippen molar-refractivity contribution in [2.24, 2.45) is 0 Å². The van der Waals surface area contributed by atoms with Crippen LogP contribution in [-0.4, -0.2) is 44.8 Å². The van der Waals surface area contributed by atoms with Gasteiger partial charge in [-0.15, -0.1) is 0 Å². The van der Waals surface area contributed by atoms with E-state index in [1.54, 1.807) is 6.26 Å². The van der Waals surface area contributed by atoms with Crippen molar-refractivity contribution in [1.82, 2.24) is 10.2 Å². The van der Waals surface area contributed by atoms with E-state index in [0.29, 0.717) is 0 Å². The predicted molar refractivity (Wildman–Crippen MR) is 73.6 cm³/mol. The van der Waals surface area contributed by atoms with E-state index >= 15 is 0 Å². The van der Waals surface area contributed by atoms with Crippen molar-refractivity contribution in [3.8, 4) is 0 Å². The van der Waals surface area contributed by atoms with Crippen molar-refractivity contribution in [1.29, 1.82) is 0 Å². The quantitative estimate of drug-likeness (QED) is 0.614. The lowest BCUT2D eigenvalue weighted by atomic mass is 10.3. The summed E-state index contributed by atoms with van der Waals surface area (Å²) < 4.78 is 10.6. The zero-order chi connectivity index (χ0) is 13.1. The van der Waals surface area contributed by atoms with Gasteiger partial charge in [-0.25, -0.2) is 0 Å². The van der Waals surface area contributed by atoms with Crippen LogP contribution in [-0.2, 0) is 11.3 Å². The number of nitrogens with one attached hydrogen (secondary N) is 1. The average molecular weight is 254 g/mol. The summed E-state index contributed by atoms with van der Waals surface area (Å²) in [4.78, 5) is 2.26. The van der Waals surface area contributed by atoms with E-state index in [1.165, 1.54) is 6.42 Å². The molecule has 4 nitrogen and oxygen atoms in total. The van der Waals surface area contributed by atoms with Gasteiger partial charge in [0.25, 0.3) is 0 Å². The summed E-state index contributed by atoms with van der Waals surface area (Å²) in [5.74, 6) is 1.02. The van der Waals surface area contributed by atoms with E-state index in [-0.39, 0.29) is 0 Å². The molecule has 0 spiro atoms. The zero-order valence-electron chi connectivity index (χ0n) is 11.7. The van der Waals surface area contributed by atoms with Gasteiger partial charge in [-0.3, -0.25) is 4.90 Å². The van der Waals surface area contributed by atoms with Crippen LogP contribution in [0.3, 0.4) is 0 Å². The van der Waals surface area contributed by atoms with E-state index in [9.17, 15) is 0 Å². The molecule has 0 unspecified atom stereocenters. The van der Waals surface area contributed by atoms with Crippen molar-refractivity contribution in [3.63, 3.8) is 0 Å². The minimum absolute atomic E-state index is 0.824. The molecule has 104 valence electrons. The molecule has 0 amide bonds. The minimum Gasteiger partial charge on any atom is -0.468 e. The third kappa shape index (κ3) is 7.48. The van der Waals surface area contributed by atoms with Crippen LogP contribution < -0.4 is 5.32 Å². The standard InChI is InChI=1S/C14H26N2O2/c1-3-17-11-5-4-8-15-9-10-16(2)13-14-7-6-12-18-14/h6-7,12,15H,3-5,8-11,13H2,1-2H3. The molecule has 0 atom stereocenters. The summed E-state index contributed by atoms with van der Waals surface area (Å²) in [6, 6.07) is 3.94. The van der Waals surface area contributed by atoms with Gasteiger partial charge >= 0.3 is 0 Å². The first kappa shape index (κ1) is 15.2. The lowest BCUT2D eigenvalue weighted by Gasteiger charge is -2.15. The molecule has 1 N–H and O–H groups in total. The van der Waals surface area contributed by atoms with E-state index in [2.05, 4.69) is 17.3 Å². The van der Waals surface area contributed by atoms with Crippen molar-refractivity contribution in [3.05, 3.63) is 24.2 Å². The molecule has 1 heterocycles. The molecule has 0 aliphatic rings. The maximum Gasteiger partial charge on any atom is 0.117 e. The average Bonchev–Trinajstić information content (AvgIpc) is 2.85. The highest BCUT2D eigenvalue weighted by atomic mass is 16.5. The van der Waals surface area contributed by atoms with Gasteiger partial charge in [-0.05, 0) is 45.5 Å². The van der Waals surface area contributed by atoms with E-state index in [1.807, 2.05) is 19.1 Å². The summed E-state index contributed by atoms with van der Waals surface area (Å²) in [5.41, 5.74) is 0. The smallest absolute Gasteiger partial charge is 0.117 e.